The van der Waals surface area contributed by atoms with Gasteiger partial charge in [-0.25, -0.2) is 18.2 Å². The molecule has 0 aliphatic heterocycles. The second kappa shape index (κ2) is 8.06. The maximum atomic E-state index is 12.9. The molecule has 5 aromatic rings. The molecule has 3 aromatic carbocycles. The van der Waals surface area contributed by atoms with E-state index in [2.05, 4.69) is 14.7 Å². The molecule has 12 heteroatoms. The molecule has 0 radical (unpaired) electrons. The van der Waals surface area contributed by atoms with Crippen LogP contribution in [0, 0.1) is 0 Å². The molecule has 0 aliphatic rings. The molecule has 0 amide bonds. The summed E-state index contributed by atoms with van der Waals surface area (Å²) in [6.45, 7) is 0. The van der Waals surface area contributed by atoms with Crippen molar-refractivity contribution in [2.45, 2.75) is 14.1 Å². The predicted molar refractivity (Wildman–Crippen MR) is 128 cm³/mol. The number of aromatic nitrogens is 3. The molecule has 9 nitrogen and oxygen atoms in total. The number of sulfonamides is 1. The van der Waals surface area contributed by atoms with Crippen LogP contribution in [0.2, 0.25) is 0 Å². The third-order valence-electron chi connectivity index (χ3n) is 4.77. The Morgan fingerprint density at radius 2 is 1.76 bits per heavy atom. The van der Waals surface area contributed by atoms with Gasteiger partial charge in [-0.05, 0) is 18.2 Å². The molecule has 0 fully saturated rings. The number of thiazole rings is 1. The van der Waals surface area contributed by atoms with Gasteiger partial charge in [0.1, 0.15) is 5.75 Å². The van der Waals surface area contributed by atoms with Crippen molar-refractivity contribution in [1.29, 1.82) is 0 Å². The summed E-state index contributed by atoms with van der Waals surface area (Å²) >= 11 is 2.65. The van der Waals surface area contributed by atoms with E-state index >= 15 is 0 Å². The van der Waals surface area contributed by atoms with Crippen LogP contribution in [0.3, 0.4) is 0 Å². The van der Waals surface area contributed by atoms with Crippen LogP contribution >= 0.6 is 23.1 Å². The van der Waals surface area contributed by atoms with Crippen molar-refractivity contribution < 1.29 is 13.5 Å². The van der Waals surface area contributed by atoms with Crippen LogP contribution in [0.5, 0.6) is 5.75 Å². The highest BCUT2D eigenvalue weighted by Gasteiger charge is 2.22. The molecule has 4 N–H and O–H groups in total. The first-order valence-electron chi connectivity index (χ1n) is 9.45. The van der Waals surface area contributed by atoms with E-state index in [1.54, 1.807) is 24.3 Å². The minimum Gasteiger partial charge on any atom is -0.506 e. The fourth-order valence-corrected chi connectivity index (χ4v) is 6.48. The van der Waals surface area contributed by atoms with Crippen molar-refractivity contribution >= 4 is 59.8 Å². The summed E-state index contributed by atoms with van der Waals surface area (Å²) in [6, 6.07) is 15.9. The second-order valence-electron chi connectivity index (χ2n) is 6.91. The van der Waals surface area contributed by atoms with E-state index in [1.165, 1.54) is 29.2 Å². The Bertz CT molecular complexity index is 1720. The van der Waals surface area contributed by atoms with E-state index in [0.717, 1.165) is 16.4 Å². The molecule has 166 valence electrons. The largest absolute Gasteiger partial charge is 0.506 e. The highest BCUT2D eigenvalue weighted by atomic mass is 32.2. The van der Waals surface area contributed by atoms with Gasteiger partial charge < -0.3 is 10.1 Å². The monoisotopic (exact) mass is 498 g/mol. The Labute approximate surface area is 194 Å². The highest BCUT2D eigenvalue weighted by molar-refractivity contribution is 8.01. The molecule has 0 aliphatic carbocycles. The Morgan fingerprint density at radius 1 is 1.03 bits per heavy atom. The molecule has 0 atom stereocenters. The zero-order valence-electron chi connectivity index (χ0n) is 16.5. The highest BCUT2D eigenvalue weighted by Crippen LogP contribution is 2.44. The third kappa shape index (κ3) is 3.99. The lowest BCUT2D eigenvalue weighted by atomic mass is 10.1. The molecule has 5 rings (SSSR count). The Hall–Kier alpha value is -3.61. The standard InChI is InChI=1S/C21H14N4O5S3/c26-18-12-6-2-1-5-11(12)14(25-33(29,30)17-10-22-20(28)24-19(17)27)9-16(18)32-21-23-13-7-3-4-8-15(13)31-21/h1-10,25-26H,(H2,22,24,27,28). The van der Waals surface area contributed by atoms with Crippen molar-refractivity contribution in [2.75, 3.05) is 4.72 Å². The number of aromatic amines is 2. The van der Waals surface area contributed by atoms with Crippen molar-refractivity contribution in [3.8, 4) is 5.75 Å². The lowest BCUT2D eigenvalue weighted by Gasteiger charge is -2.14. The fraction of sp³-hybridized carbons (Fsp3) is 0. The number of rotatable bonds is 5. The maximum Gasteiger partial charge on any atom is 0.325 e. The first-order valence-corrected chi connectivity index (χ1v) is 12.6. The summed E-state index contributed by atoms with van der Waals surface area (Å²) in [7, 11) is -4.34. The summed E-state index contributed by atoms with van der Waals surface area (Å²) in [5, 5.41) is 11.7. The minimum absolute atomic E-state index is 0.0142. The van der Waals surface area contributed by atoms with Crippen LogP contribution in [-0.4, -0.2) is 28.5 Å². The Morgan fingerprint density at radius 3 is 2.52 bits per heavy atom. The molecule has 0 spiro atoms. The zero-order chi connectivity index (χ0) is 23.2. The van der Waals surface area contributed by atoms with Crippen LogP contribution in [-0.2, 0) is 10.0 Å². The number of H-pyrrole nitrogens is 2. The summed E-state index contributed by atoms with van der Waals surface area (Å²) in [6.07, 6.45) is 0.836. The number of aromatic hydroxyl groups is 1. The molecule has 0 saturated heterocycles. The van der Waals surface area contributed by atoms with Gasteiger partial charge >= 0.3 is 5.69 Å². The van der Waals surface area contributed by atoms with Crippen LogP contribution in [0.25, 0.3) is 21.0 Å². The van der Waals surface area contributed by atoms with E-state index in [0.29, 0.717) is 20.0 Å². The van der Waals surface area contributed by atoms with E-state index in [4.69, 9.17) is 0 Å². The number of fused-ring (bicyclic) bond motifs is 2. The zero-order valence-corrected chi connectivity index (χ0v) is 19.0. The van der Waals surface area contributed by atoms with Crippen LogP contribution < -0.4 is 16.0 Å². The molecule has 2 aromatic heterocycles. The predicted octanol–water partition coefficient (Wildman–Crippen LogP) is 3.48. The van der Waals surface area contributed by atoms with Gasteiger partial charge in [0, 0.05) is 17.0 Å². The number of nitrogens with zero attached hydrogens (tertiary/aromatic N) is 1. The van der Waals surface area contributed by atoms with Gasteiger partial charge in [-0.2, -0.15) is 0 Å². The molecule has 33 heavy (non-hydrogen) atoms. The number of hydrogen-bond acceptors (Lipinski definition) is 8. The van der Waals surface area contributed by atoms with Crippen molar-refractivity contribution in [3.63, 3.8) is 0 Å². The summed E-state index contributed by atoms with van der Waals surface area (Å²) < 4.78 is 29.9. The number of phenols is 1. The number of nitrogens with one attached hydrogen (secondary N) is 3. The number of hydrogen-bond donors (Lipinski definition) is 4. The van der Waals surface area contributed by atoms with Gasteiger partial charge in [-0.3, -0.25) is 14.5 Å². The molecule has 0 saturated carbocycles. The molecular formula is C21H14N4O5S3. The number of anilines is 1. The van der Waals surface area contributed by atoms with Crippen LogP contribution in [0.15, 0.2) is 84.5 Å². The van der Waals surface area contributed by atoms with E-state index in [-0.39, 0.29) is 11.4 Å². The lowest BCUT2D eigenvalue weighted by molar-refractivity contribution is 0.469. The van der Waals surface area contributed by atoms with Gasteiger partial charge in [0.25, 0.3) is 15.6 Å². The first kappa shape index (κ1) is 21.2. The lowest BCUT2D eigenvalue weighted by Crippen LogP contribution is -2.29. The third-order valence-corrected chi connectivity index (χ3v) is 8.27. The van der Waals surface area contributed by atoms with Gasteiger partial charge in [-0.15, -0.1) is 11.3 Å². The minimum atomic E-state index is -4.34. The van der Waals surface area contributed by atoms with Gasteiger partial charge in [0.15, 0.2) is 9.24 Å². The SMILES string of the molecule is O=c1[nH]cc(S(=O)(=O)Nc2cc(Sc3nc4ccccc4s3)c(O)c3ccccc23)c(=O)[nH]1. The van der Waals surface area contributed by atoms with Crippen LogP contribution in [0.4, 0.5) is 5.69 Å². The topological polar surface area (TPSA) is 145 Å². The van der Waals surface area contributed by atoms with Gasteiger partial charge in [-0.1, -0.05) is 48.2 Å². The Balaban J connectivity index is 1.62. The van der Waals surface area contributed by atoms with E-state index in [9.17, 15) is 23.1 Å². The fourth-order valence-electron chi connectivity index (χ4n) is 3.28. The van der Waals surface area contributed by atoms with Gasteiger partial charge in [0.2, 0.25) is 0 Å². The van der Waals surface area contributed by atoms with Crippen LogP contribution in [0.1, 0.15) is 0 Å². The number of benzene rings is 3. The number of phenolic OH excluding ortho intramolecular Hbond substituents is 1. The maximum absolute atomic E-state index is 12.9. The smallest absolute Gasteiger partial charge is 0.325 e. The quantitative estimate of drug-likeness (QED) is 0.271. The van der Waals surface area contributed by atoms with Crippen molar-refractivity contribution in [3.05, 3.63) is 81.6 Å². The van der Waals surface area contributed by atoms with Crippen molar-refractivity contribution in [2.24, 2.45) is 0 Å². The summed E-state index contributed by atoms with van der Waals surface area (Å²) in [4.78, 5) is 31.7. The van der Waals surface area contributed by atoms with Crippen molar-refractivity contribution in [1.82, 2.24) is 15.0 Å². The first-order chi connectivity index (χ1) is 15.8. The second-order valence-corrected chi connectivity index (χ2v) is 10.9. The number of para-hydroxylation sites is 1. The summed E-state index contributed by atoms with van der Waals surface area (Å²) in [5.41, 5.74) is -0.872. The van der Waals surface area contributed by atoms with E-state index in [1.807, 2.05) is 29.2 Å². The normalized spacial score (nSPS) is 11.8. The summed E-state index contributed by atoms with van der Waals surface area (Å²) in [5.74, 6) is -0.0142. The Kier molecular flexibility index (Phi) is 5.19. The van der Waals surface area contributed by atoms with Gasteiger partial charge in [0.05, 0.1) is 20.8 Å². The molecule has 0 unspecified atom stereocenters. The average molecular weight is 499 g/mol. The molecular weight excluding hydrogens is 484 g/mol. The van der Waals surface area contributed by atoms with E-state index < -0.39 is 26.2 Å². The average Bonchev–Trinajstić information content (AvgIpc) is 3.19. The molecule has 2 heterocycles. The molecule has 0 bridgehead atoms.